The maximum absolute atomic E-state index is 13.5. The average Bonchev–Trinajstić information content (AvgIpc) is 3.16. The molecule has 0 aliphatic carbocycles. The zero-order chi connectivity index (χ0) is 26.7. The number of ether oxygens (including phenoxy) is 1. The fraction of sp³-hybridized carbons (Fsp3) is 0.290. The summed E-state index contributed by atoms with van der Waals surface area (Å²) in [6, 6.07) is 19.8. The molecule has 4 rings (SSSR count). The van der Waals surface area contributed by atoms with Crippen LogP contribution in [0.3, 0.4) is 0 Å². The van der Waals surface area contributed by atoms with Gasteiger partial charge in [-0.25, -0.2) is 0 Å². The highest BCUT2D eigenvalue weighted by atomic mass is 16.5. The Balaban J connectivity index is 1.87. The van der Waals surface area contributed by atoms with Crippen molar-refractivity contribution in [2.45, 2.75) is 40.7 Å². The van der Waals surface area contributed by atoms with Gasteiger partial charge in [-0.05, 0) is 93.8 Å². The van der Waals surface area contributed by atoms with Crippen LogP contribution >= 0.6 is 0 Å². The van der Waals surface area contributed by atoms with Crippen LogP contribution in [-0.2, 0) is 9.59 Å². The lowest BCUT2D eigenvalue weighted by Gasteiger charge is -2.27. The summed E-state index contributed by atoms with van der Waals surface area (Å²) in [5.74, 6) is -0.846. The lowest BCUT2D eigenvalue weighted by molar-refractivity contribution is -0.132. The number of nitrogens with zero attached hydrogens (tertiary/aromatic N) is 2. The fourth-order valence-electron chi connectivity index (χ4n) is 4.97. The summed E-state index contributed by atoms with van der Waals surface area (Å²) in [4.78, 5) is 30.7. The number of rotatable bonds is 8. The summed E-state index contributed by atoms with van der Waals surface area (Å²) in [5.41, 5.74) is 4.74. The lowest BCUT2D eigenvalue weighted by atomic mass is 9.92. The molecule has 3 aromatic rings. The van der Waals surface area contributed by atoms with Gasteiger partial charge < -0.3 is 14.7 Å². The Morgan fingerprint density at radius 2 is 1.59 bits per heavy atom. The highest BCUT2D eigenvalue weighted by molar-refractivity contribution is 6.51. The molecular weight excluding hydrogens is 464 g/mol. The van der Waals surface area contributed by atoms with Gasteiger partial charge in [-0.2, -0.15) is 0 Å². The Hall–Kier alpha value is -4.06. The number of amides is 1. The van der Waals surface area contributed by atoms with Crippen molar-refractivity contribution in [3.63, 3.8) is 0 Å². The molecule has 0 bridgehead atoms. The predicted molar refractivity (Wildman–Crippen MR) is 148 cm³/mol. The van der Waals surface area contributed by atoms with Crippen LogP contribution in [-0.4, -0.2) is 36.5 Å². The molecule has 37 heavy (non-hydrogen) atoms. The van der Waals surface area contributed by atoms with Gasteiger partial charge >= 0.3 is 0 Å². The third-order valence-corrected chi connectivity index (χ3v) is 6.93. The summed E-state index contributed by atoms with van der Waals surface area (Å²) in [7, 11) is 0. The number of benzene rings is 3. The molecule has 1 atom stereocenters. The third-order valence-electron chi connectivity index (χ3n) is 6.93. The van der Waals surface area contributed by atoms with E-state index < -0.39 is 17.7 Å². The van der Waals surface area contributed by atoms with Crippen molar-refractivity contribution >= 4 is 28.8 Å². The number of carbonyl (C=O) groups is 2. The molecule has 192 valence electrons. The summed E-state index contributed by atoms with van der Waals surface area (Å²) in [5, 5.41) is 11.5. The van der Waals surface area contributed by atoms with E-state index in [9.17, 15) is 14.7 Å². The third kappa shape index (κ3) is 4.84. The van der Waals surface area contributed by atoms with E-state index in [2.05, 4.69) is 18.7 Å². The van der Waals surface area contributed by atoms with Gasteiger partial charge in [-0.15, -0.1) is 0 Å². The van der Waals surface area contributed by atoms with Crippen LogP contribution < -0.4 is 14.5 Å². The molecule has 1 aliphatic rings. The normalized spacial score (nSPS) is 16.8. The van der Waals surface area contributed by atoms with E-state index in [4.69, 9.17) is 4.74 Å². The topological polar surface area (TPSA) is 70.1 Å². The second-order valence-corrected chi connectivity index (χ2v) is 9.13. The van der Waals surface area contributed by atoms with Gasteiger partial charge in [-0.3, -0.25) is 14.5 Å². The lowest BCUT2D eigenvalue weighted by Crippen LogP contribution is -2.30. The predicted octanol–water partition coefficient (Wildman–Crippen LogP) is 6.17. The molecule has 3 aromatic carbocycles. The molecule has 0 saturated carbocycles. The average molecular weight is 499 g/mol. The number of hydrogen-bond donors (Lipinski definition) is 1. The van der Waals surface area contributed by atoms with Crippen LogP contribution in [0.15, 0.2) is 72.3 Å². The molecule has 6 heteroatoms. The molecule has 1 aliphatic heterocycles. The molecule has 1 fully saturated rings. The van der Waals surface area contributed by atoms with E-state index in [1.165, 1.54) is 4.90 Å². The Morgan fingerprint density at radius 3 is 2.19 bits per heavy atom. The minimum Gasteiger partial charge on any atom is -0.507 e. The molecule has 0 spiro atoms. The molecule has 1 N–H and O–H groups in total. The summed E-state index contributed by atoms with van der Waals surface area (Å²) < 4.78 is 5.63. The van der Waals surface area contributed by atoms with Crippen molar-refractivity contribution in [2.24, 2.45) is 0 Å². The van der Waals surface area contributed by atoms with E-state index >= 15 is 0 Å². The van der Waals surface area contributed by atoms with Gasteiger partial charge in [0, 0.05) is 30.0 Å². The van der Waals surface area contributed by atoms with Crippen LogP contribution in [0.4, 0.5) is 11.4 Å². The standard InChI is InChI=1S/C31H34N2O4/c1-6-32(7-2)23-14-16-24(17-15-23)33-28(25-12-10-9-11-20(25)4)27(30(35)31(33)36)29(34)22-13-18-26(37-8-3)21(5)19-22/h9-19,28,34H,6-8H2,1-5H3/b29-27+. The van der Waals surface area contributed by atoms with E-state index in [0.29, 0.717) is 23.6 Å². The van der Waals surface area contributed by atoms with Crippen molar-refractivity contribution in [1.82, 2.24) is 0 Å². The van der Waals surface area contributed by atoms with Gasteiger partial charge in [0.15, 0.2) is 0 Å². The monoisotopic (exact) mass is 498 g/mol. The maximum Gasteiger partial charge on any atom is 0.300 e. The van der Waals surface area contributed by atoms with Crippen molar-refractivity contribution in [3.8, 4) is 5.75 Å². The zero-order valence-corrected chi connectivity index (χ0v) is 22.1. The first-order valence-corrected chi connectivity index (χ1v) is 12.8. The molecule has 1 heterocycles. The second-order valence-electron chi connectivity index (χ2n) is 9.13. The summed E-state index contributed by atoms with van der Waals surface area (Å²) in [6.07, 6.45) is 0. The molecule has 0 aromatic heterocycles. The van der Waals surface area contributed by atoms with Crippen molar-refractivity contribution in [3.05, 3.63) is 94.6 Å². The fourth-order valence-corrected chi connectivity index (χ4v) is 4.97. The Morgan fingerprint density at radius 1 is 0.919 bits per heavy atom. The van der Waals surface area contributed by atoms with E-state index in [1.807, 2.05) is 69.3 Å². The Kier molecular flexibility index (Phi) is 7.67. The number of aryl methyl sites for hydroxylation is 2. The van der Waals surface area contributed by atoms with Crippen LogP contribution in [0.1, 0.15) is 49.1 Å². The molecule has 0 radical (unpaired) electrons. The molecule has 1 amide bonds. The minimum atomic E-state index is -0.757. The van der Waals surface area contributed by atoms with E-state index in [1.54, 1.807) is 18.2 Å². The smallest absolute Gasteiger partial charge is 0.300 e. The van der Waals surface area contributed by atoms with Gasteiger partial charge in [0.05, 0.1) is 18.2 Å². The molecule has 6 nitrogen and oxygen atoms in total. The number of hydrogen-bond acceptors (Lipinski definition) is 5. The summed E-state index contributed by atoms with van der Waals surface area (Å²) >= 11 is 0. The first-order valence-electron chi connectivity index (χ1n) is 12.8. The highest BCUT2D eigenvalue weighted by Crippen LogP contribution is 2.43. The molecule has 1 saturated heterocycles. The summed E-state index contributed by atoms with van der Waals surface area (Å²) in [6.45, 7) is 12.2. The van der Waals surface area contributed by atoms with Gasteiger partial charge in [0.2, 0.25) is 0 Å². The van der Waals surface area contributed by atoms with Crippen molar-refractivity contribution in [1.29, 1.82) is 0 Å². The number of anilines is 2. The Labute approximate surface area is 218 Å². The van der Waals surface area contributed by atoms with Gasteiger partial charge in [-0.1, -0.05) is 24.3 Å². The number of ketones is 1. The first-order chi connectivity index (χ1) is 17.8. The van der Waals surface area contributed by atoms with Crippen LogP contribution in [0.25, 0.3) is 5.76 Å². The number of Topliss-reactive ketones (excluding diaryl/α,β-unsaturated/α-hetero) is 1. The van der Waals surface area contributed by atoms with Crippen LogP contribution in [0, 0.1) is 13.8 Å². The largest absolute Gasteiger partial charge is 0.507 e. The second kappa shape index (κ2) is 10.9. The number of aliphatic hydroxyl groups excluding tert-OH is 1. The SMILES string of the molecule is CCOc1ccc(/C(O)=C2\C(=O)C(=O)N(c3ccc(N(CC)CC)cc3)C2c2ccccc2C)cc1C. The van der Waals surface area contributed by atoms with Crippen molar-refractivity contribution < 1.29 is 19.4 Å². The highest BCUT2D eigenvalue weighted by Gasteiger charge is 2.47. The number of aliphatic hydroxyl groups is 1. The number of carbonyl (C=O) groups excluding carboxylic acids is 2. The van der Waals surface area contributed by atoms with Crippen molar-refractivity contribution in [2.75, 3.05) is 29.5 Å². The van der Waals surface area contributed by atoms with E-state index in [0.717, 1.165) is 35.5 Å². The Bertz CT molecular complexity index is 1340. The van der Waals surface area contributed by atoms with Crippen LogP contribution in [0.5, 0.6) is 5.75 Å². The van der Waals surface area contributed by atoms with Gasteiger partial charge in [0.25, 0.3) is 11.7 Å². The zero-order valence-electron chi connectivity index (χ0n) is 22.1. The molecule has 1 unspecified atom stereocenters. The van der Waals surface area contributed by atoms with E-state index in [-0.39, 0.29) is 11.3 Å². The molecular formula is C31H34N2O4. The first kappa shape index (κ1) is 26.0. The maximum atomic E-state index is 13.5. The van der Waals surface area contributed by atoms with Crippen LogP contribution in [0.2, 0.25) is 0 Å². The van der Waals surface area contributed by atoms with Gasteiger partial charge in [0.1, 0.15) is 11.5 Å². The quantitative estimate of drug-likeness (QED) is 0.228. The minimum absolute atomic E-state index is 0.0793.